The Morgan fingerprint density at radius 3 is 2.71 bits per heavy atom. The van der Waals surface area contributed by atoms with Gasteiger partial charge in [-0.15, -0.1) is 11.8 Å². The lowest BCUT2D eigenvalue weighted by Crippen LogP contribution is -2.59. The van der Waals surface area contributed by atoms with Crippen molar-refractivity contribution in [2.45, 2.75) is 56.0 Å². The monoisotopic (exact) mass is 495 g/mol. The van der Waals surface area contributed by atoms with Crippen molar-refractivity contribution in [2.75, 3.05) is 6.54 Å². The molecule has 2 amide bonds. The van der Waals surface area contributed by atoms with Crippen LogP contribution in [0.3, 0.4) is 0 Å². The van der Waals surface area contributed by atoms with Gasteiger partial charge >= 0.3 is 0 Å². The first-order valence-electron chi connectivity index (χ1n) is 12.1. The lowest BCUT2D eigenvalue weighted by molar-refractivity contribution is -0.128. The van der Waals surface area contributed by atoms with Gasteiger partial charge < -0.3 is 10.6 Å². The third-order valence-corrected chi connectivity index (χ3v) is 8.67. The van der Waals surface area contributed by atoms with Crippen molar-refractivity contribution in [2.24, 2.45) is 5.92 Å². The first kappa shape index (κ1) is 23.5. The third-order valence-electron chi connectivity index (χ3n) is 7.04. The topological polar surface area (TPSA) is 70.2 Å². The van der Waals surface area contributed by atoms with Gasteiger partial charge in [0.05, 0.1) is 17.5 Å². The lowest BCUT2D eigenvalue weighted by Gasteiger charge is -2.34. The molecule has 4 atom stereocenters. The largest absolute Gasteiger partial charge is 0.356 e. The van der Waals surface area contributed by atoms with E-state index in [0.29, 0.717) is 30.3 Å². The summed E-state index contributed by atoms with van der Waals surface area (Å²) in [5.74, 6) is 0.561. The van der Waals surface area contributed by atoms with Crippen LogP contribution in [-0.2, 0) is 16.0 Å². The number of carbonyl (C=O) groups excluding carboxylic acids is 2. The molecule has 2 aromatic carbocycles. The van der Waals surface area contributed by atoms with Crippen LogP contribution in [0.15, 0.2) is 65.1 Å². The summed E-state index contributed by atoms with van der Waals surface area (Å²) in [4.78, 5) is 26.7. The SMILES string of the molecule is O=C(CCC1NC(=O)C2C3=C(CC(c4ccccc4)CC3)SC2N1)NCCc1ccc(Cl)cc1. The summed E-state index contributed by atoms with van der Waals surface area (Å²) in [5.41, 5.74) is 3.86. The Kier molecular flexibility index (Phi) is 7.28. The molecule has 7 heteroatoms. The molecule has 1 aliphatic carbocycles. The average Bonchev–Trinajstić information content (AvgIpc) is 3.22. The summed E-state index contributed by atoms with van der Waals surface area (Å²) in [6, 6.07) is 18.4. The van der Waals surface area contributed by atoms with Crippen LogP contribution in [-0.4, -0.2) is 29.9 Å². The van der Waals surface area contributed by atoms with Crippen molar-refractivity contribution in [3.05, 3.63) is 81.2 Å². The molecule has 0 spiro atoms. The molecule has 5 nitrogen and oxygen atoms in total. The smallest absolute Gasteiger partial charge is 0.230 e. The van der Waals surface area contributed by atoms with E-state index in [2.05, 4.69) is 46.3 Å². The van der Waals surface area contributed by atoms with Gasteiger partial charge in [-0.25, -0.2) is 0 Å². The van der Waals surface area contributed by atoms with Gasteiger partial charge in [0.1, 0.15) is 0 Å². The molecule has 2 aromatic rings. The van der Waals surface area contributed by atoms with E-state index >= 15 is 0 Å². The zero-order chi connectivity index (χ0) is 23.5. The Morgan fingerprint density at radius 1 is 1.12 bits per heavy atom. The fourth-order valence-electron chi connectivity index (χ4n) is 5.24. The second-order valence-electron chi connectivity index (χ2n) is 9.31. The van der Waals surface area contributed by atoms with Crippen LogP contribution >= 0.6 is 23.4 Å². The number of thioether (sulfide) groups is 1. The quantitative estimate of drug-likeness (QED) is 0.519. The summed E-state index contributed by atoms with van der Waals surface area (Å²) in [5, 5.41) is 10.5. The normalized spacial score (nSPS) is 26.0. The van der Waals surface area contributed by atoms with Crippen molar-refractivity contribution in [3.63, 3.8) is 0 Å². The predicted octanol–water partition coefficient (Wildman–Crippen LogP) is 4.74. The van der Waals surface area contributed by atoms with Crippen LogP contribution in [0, 0.1) is 5.92 Å². The number of allylic oxidation sites excluding steroid dienone is 1. The molecular formula is C27H30ClN3O2S. The molecular weight excluding hydrogens is 466 g/mol. The maximum absolute atomic E-state index is 13.0. The fraction of sp³-hybridized carbons (Fsp3) is 0.407. The first-order valence-corrected chi connectivity index (χ1v) is 13.3. The van der Waals surface area contributed by atoms with Gasteiger partial charge in [-0.3, -0.25) is 14.9 Å². The van der Waals surface area contributed by atoms with Crippen LogP contribution in [0.2, 0.25) is 5.02 Å². The zero-order valence-electron chi connectivity index (χ0n) is 19.1. The zero-order valence-corrected chi connectivity index (χ0v) is 20.6. The Balaban J connectivity index is 1.09. The van der Waals surface area contributed by atoms with Gasteiger partial charge in [0.25, 0.3) is 0 Å². The predicted molar refractivity (Wildman–Crippen MR) is 137 cm³/mol. The molecule has 4 unspecified atom stereocenters. The van der Waals surface area contributed by atoms with Gasteiger partial charge in [-0.1, -0.05) is 54.1 Å². The minimum Gasteiger partial charge on any atom is -0.356 e. The number of nitrogens with one attached hydrogen (secondary N) is 3. The van der Waals surface area contributed by atoms with Crippen LogP contribution < -0.4 is 16.0 Å². The summed E-state index contributed by atoms with van der Waals surface area (Å²) in [6.45, 7) is 0.588. The van der Waals surface area contributed by atoms with E-state index < -0.39 is 0 Å². The van der Waals surface area contributed by atoms with Gasteiger partial charge in [0, 0.05) is 18.0 Å². The van der Waals surface area contributed by atoms with Crippen LogP contribution in [0.5, 0.6) is 0 Å². The number of fused-ring (bicyclic) bond motifs is 2. The minimum atomic E-state index is -0.172. The van der Waals surface area contributed by atoms with E-state index in [1.54, 1.807) is 0 Å². The number of amides is 2. The molecule has 3 N–H and O–H groups in total. The van der Waals surface area contributed by atoms with E-state index in [1.807, 2.05) is 36.0 Å². The number of hydrogen-bond donors (Lipinski definition) is 3. The van der Waals surface area contributed by atoms with E-state index in [9.17, 15) is 9.59 Å². The highest BCUT2D eigenvalue weighted by Gasteiger charge is 2.46. The van der Waals surface area contributed by atoms with Gasteiger partial charge in [0.15, 0.2) is 0 Å². The highest BCUT2D eigenvalue weighted by Crippen LogP contribution is 2.52. The van der Waals surface area contributed by atoms with Gasteiger partial charge in [0.2, 0.25) is 11.8 Å². The number of halogens is 1. The first-order chi connectivity index (χ1) is 16.6. The molecule has 0 bridgehead atoms. The second-order valence-corrected chi connectivity index (χ2v) is 11.0. The standard InChI is InChI=1S/C27H30ClN3O2S/c28-20-9-6-17(7-10-20)14-15-29-24(32)13-12-23-30-26(33)25-21-11-8-19(18-4-2-1-3-5-18)16-22(21)34-27(25)31-23/h1-7,9-10,19,23,25,27,31H,8,11-16H2,(H,29,32)(H,30,33). The highest BCUT2D eigenvalue weighted by atomic mass is 35.5. The molecule has 1 fully saturated rings. The summed E-state index contributed by atoms with van der Waals surface area (Å²) in [6.07, 6.45) is 4.66. The van der Waals surface area contributed by atoms with Crippen molar-refractivity contribution in [1.29, 1.82) is 0 Å². The Bertz CT molecular complexity index is 1070. The van der Waals surface area contributed by atoms with E-state index in [0.717, 1.165) is 31.2 Å². The maximum Gasteiger partial charge on any atom is 0.230 e. The number of carbonyl (C=O) groups is 2. The van der Waals surface area contributed by atoms with Crippen molar-refractivity contribution >= 4 is 35.2 Å². The molecule has 5 rings (SSSR count). The van der Waals surface area contributed by atoms with E-state index in [4.69, 9.17) is 11.6 Å². The van der Waals surface area contributed by atoms with Crippen molar-refractivity contribution in [1.82, 2.24) is 16.0 Å². The van der Waals surface area contributed by atoms with Crippen LogP contribution in [0.25, 0.3) is 0 Å². The van der Waals surface area contributed by atoms with Crippen LogP contribution in [0.1, 0.15) is 49.1 Å². The molecule has 0 radical (unpaired) electrons. The molecule has 2 aliphatic heterocycles. The number of rotatable bonds is 7. The number of hydrogen-bond acceptors (Lipinski definition) is 4. The molecule has 34 heavy (non-hydrogen) atoms. The Hall–Kier alpha value is -2.28. The highest BCUT2D eigenvalue weighted by molar-refractivity contribution is 8.04. The summed E-state index contributed by atoms with van der Waals surface area (Å²) >= 11 is 7.74. The van der Waals surface area contributed by atoms with E-state index in [-0.39, 0.29) is 29.3 Å². The average molecular weight is 496 g/mol. The summed E-state index contributed by atoms with van der Waals surface area (Å²) < 4.78 is 0. The lowest BCUT2D eigenvalue weighted by atomic mass is 9.80. The molecule has 178 valence electrons. The van der Waals surface area contributed by atoms with Crippen LogP contribution in [0.4, 0.5) is 0 Å². The Labute approximate surface area is 210 Å². The minimum absolute atomic E-state index is 0.00864. The second kappa shape index (κ2) is 10.5. The molecule has 3 aliphatic rings. The number of benzene rings is 2. The van der Waals surface area contributed by atoms with Gasteiger partial charge in [-0.2, -0.15) is 0 Å². The third kappa shape index (κ3) is 5.35. The summed E-state index contributed by atoms with van der Waals surface area (Å²) in [7, 11) is 0. The maximum atomic E-state index is 13.0. The molecule has 1 saturated heterocycles. The van der Waals surface area contributed by atoms with Crippen molar-refractivity contribution < 1.29 is 9.59 Å². The molecule has 2 heterocycles. The van der Waals surface area contributed by atoms with Gasteiger partial charge in [-0.05, 0) is 71.8 Å². The van der Waals surface area contributed by atoms with E-state index in [1.165, 1.54) is 16.0 Å². The van der Waals surface area contributed by atoms with Crippen molar-refractivity contribution in [3.8, 4) is 0 Å². The molecule has 0 aromatic heterocycles. The Morgan fingerprint density at radius 2 is 1.91 bits per heavy atom. The fourth-order valence-corrected chi connectivity index (χ4v) is 7.00. The molecule has 0 saturated carbocycles.